The molecule has 0 radical (unpaired) electrons. The number of hydrogen-bond donors (Lipinski definition) is 1. The summed E-state index contributed by atoms with van der Waals surface area (Å²) in [4.78, 5) is 19.4. The zero-order valence-corrected chi connectivity index (χ0v) is 21.1. The van der Waals surface area contributed by atoms with E-state index in [0.29, 0.717) is 29.7 Å². The van der Waals surface area contributed by atoms with E-state index in [2.05, 4.69) is 38.5 Å². The van der Waals surface area contributed by atoms with Crippen LogP contribution in [-0.2, 0) is 4.79 Å². The van der Waals surface area contributed by atoms with Gasteiger partial charge in [-0.05, 0) is 46.3 Å². The van der Waals surface area contributed by atoms with Crippen molar-refractivity contribution < 1.29 is 4.79 Å². The van der Waals surface area contributed by atoms with E-state index in [4.69, 9.17) is 16.6 Å². The molecule has 1 aliphatic carbocycles. The van der Waals surface area contributed by atoms with Crippen LogP contribution in [0, 0.1) is 5.92 Å². The summed E-state index contributed by atoms with van der Waals surface area (Å²) in [6.07, 6.45) is 3.49. The smallest absolute Gasteiger partial charge is 0.226 e. The van der Waals surface area contributed by atoms with E-state index in [1.54, 1.807) is 10.7 Å². The van der Waals surface area contributed by atoms with Crippen LogP contribution in [-0.4, -0.2) is 45.5 Å². The van der Waals surface area contributed by atoms with Crippen LogP contribution in [0.15, 0.2) is 71.3 Å². The Bertz CT molecular complexity index is 1330. The van der Waals surface area contributed by atoms with Gasteiger partial charge in [0.05, 0.1) is 16.4 Å². The standard InChI is InChI=1S/C26H25BrClN5O/c1-32(26(34)20-14-19(20)17-8-3-2-4-9-17)13-7-12-29-24-15-23(18-10-5-6-11-22(18)28)31-25-21(27)16-30-33(24)25/h2-6,8-11,15-16,19-20,29H,7,12-14H2,1H3. The highest BCUT2D eigenvalue weighted by Gasteiger charge is 2.44. The maximum atomic E-state index is 12.8. The van der Waals surface area contributed by atoms with Gasteiger partial charge in [-0.25, -0.2) is 4.98 Å². The fourth-order valence-corrected chi connectivity index (χ4v) is 4.91. The van der Waals surface area contributed by atoms with Crippen LogP contribution in [0.1, 0.15) is 24.3 Å². The number of nitrogens with zero attached hydrogens (tertiary/aromatic N) is 4. The van der Waals surface area contributed by atoms with Gasteiger partial charge in [-0.3, -0.25) is 4.79 Å². The number of halogens is 2. The largest absolute Gasteiger partial charge is 0.370 e. The second-order valence-electron chi connectivity index (χ2n) is 8.63. The predicted molar refractivity (Wildman–Crippen MR) is 139 cm³/mol. The number of aromatic nitrogens is 3. The highest BCUT2D eigenvalue weighted by Crippen LogP contribution is 2.48. The number of nitrogens with one attached hydrogen (secondary N) is 1. The van der Waals surface area contributed by atoms with Crippen molar-refractivity contribution in [3.8, 4) is 11.3 Å². The molecule has 0 saturated heterocycles. The molecule has 0 spiro atoms. The summed E-state index contributed by atoms with van der Waals surface area (Å²) in [5, 5.41) is 8.54. The minimum atomic E-state index is 0.111. The summed E-state index contributed by atoms with van der Waals surface area (Å²) < 4.78 is 2.58. The van der Waals surface area contributed by atoms with E-state index >= 15 is 0 Å². The lowest BCUT2D eigenvalue weighted by Gasteiger charge is -2.18. The number of amides is 1. The third-order valence-corrected chi connectivity index (χ3v) is 7.16. The Kier molecular flexibility index (Phi) is 6.57. The quantitative estimate of drug-likeness (QED) is 0.285. The van der Waals surface area contributed by atoms with Crippen molar-refractivity contribution in [2.45, 2.75) is 18.8 Å². The normalized spacial score (nSPS) is 17.0. The van der Waals surface area contributed by atoms with Crippen LogP contribution < -0.4 is 5.32 Å². The van der Waals surface area contributed by atoms with Crippen LogP contribution in [0.25, 0.3) is 16.9 Å². The van der Waals surface area contributed by atoms with Crippen LogP contribution >= 0.6 is 27.5 Å². The first kappa shape index (κ1) is 22.9. The topological polar surface area (TPSA) is 62.5 Å². The van der Waals surface area contributed by atoms with Gasteiger partial charge in [-0.2, -0.15) is 9.61 Å². The first-order valence-electron chi connectivity index (χ1n) is 11.4. The summed E-state index contributed by atoms with van der Waals surface area (Å²) in [5.41, 5.74) is 3.62. The maximum Gasteiger partial charge on any atom is 0.226 e. The van der Waals surface area contributed by atoms with E-state index in [-0.39, 0.29) is 11.8 Å². The first-order chi connectivity index (χ1) is 16.5. The molecule has 4 aromatic rings. The molecule has 2 aromatic carbocycles. The van der Waals surface area contributed by atoms with Gasteiger partial charge in [0, 0.05) is 42.7 Å². The molecule has 2 atom stereocenters. The third-order valence-electron chi connectivity index (χ3n) is 6.27. The molecule has 1 N–H and O–H groups in total. The van der Waals surface area contributed by atoms with Gasteiger partial charge in [0.2, 0.25) is 5.91 Å². The molecule has 6 nitrogen and oxygen atoms in total. The van der Waals surface area contributed by atoms with Crippen LogP contribution in [0.3, 0.4) is 0 Å². The van der Waals surface area contributed by atoms with Crippen LogP contribution in [0.4, 0.5) is 5.82 Å². The van der Waals surface area contributed by atoms with E-state index < -0.39 is 0 Å². The van der Waals surface area contributed by atoms with Gasteiger partial charge in [-0.1, -0.05) is 60.1 Å². The van der Waals surface area contributed by atoms with Crippen LogP contribution in [0.5, 0.6) is 0 Å². The van der Waals surface area contributed by atoms with E-state index in [0.717, 1.165) is 34.4 Å². The number of hydrogen-bond acceptors (Lipinski definition) is 4. The Hall–Kier alpha value is -2.90. The molecule has 174 valence electrons. The van der Waals surface area contributed by atoms with Gasteiger partial charge in [0.25, 0.3) is 0 Å². The SMILES string of the molecule is CN(CCCNc1cc(-c2ccccc2Cl)nc2c(Br)cnn12)C(=O)C1CC1c1ccccc1. The lowest BCUT2D eigenvalue weighted by atomic mass is 10.1. The first-order valence-corrected chi connectivity index (χ1v) is 12.5. The monoisotopic (exact) mass is 537 g/mol. The third kappa shape index (κ3) is 4.68. The molecule has 34 heavy (non-hydrogen) atoms. The lowest BCUT2D eigenvalue weighted by molar-refractivity contribution is -0.131. The van der Waals surface area contributed by atoms with Gasteiger partial charge in [0.15, 0.2) is 5.65 Å². The van der Waals surface area contributed by atoms with E-state index in [1.165, 1.54) is 5.56 Å². The number of fused-ring (bicyclic) bond motifs is 1. The molecule has 1 saturated carbocycles. The Morgan fingerprint density at radius 1 is 1.21 bits per heavy atom. The highest BCUT2D eigenvalue weighted by molar-refractivity contribution is 9.10. The Morgan fingerprint density at radius 2 is 1.97 bits per heavy atom. The minimum absolute atomic E-state index is 0.111. The number of benzene rings is 2. The predicted octanol–water partition coefficient (Wildman–Crippen LogP) is 5.88. The molecule has 2 heterocycles. The molecule has 2 unspecified atom stereocenters. The molecule has 8 heteroatoms. The van der Waals surface area contributed by atoms with E-state index in [1.807, 2.05) is 60.5 Å². The molecule has 1 amide bonds. The molecular formula is C26H25BrClN5O. The Balaban J connectivity index is 1.22. The van der Waals surface area contributed by atoms with E-state index in [9.17, 15) is 4.79 Å². The van der Waals surface area contributed by atoms with Gasteiger partial charge >= 0.3 is 0 Å². The van der Waals surface area contributed by atoms with Crippen molar-refractivity contribution in [2.75, 3.05) is 25.5 Å². The highest BCUT2D eigenvalue weighted by atomic mass is 79.9. The lowest BCUT2D eigenvalue weighted by Crippen LogP contribution is -2.30. The minimum Gasteiger partial charge on any atom is -0.370 e. The maximum absolute atomic E-state index is 12.8. The number of rotatable bonds is 8. The second-order valence-corrected chi connectivity index (χ2v) is 9.90. The molecule has 2 aromatic heterocycles. The Labute approximate surface area is 212 Å². The number of carbonyl (C=O) groups excluding carboxylic acids is 1. The Morgan fingerprint density at radius 3 is 2.76 bits per heavy atom. The zero-order valence-electron chi connectivity index (χ0n) is 18.8. The summed E-state index contributed by atoms with van der Waals surface area (Å²) >= 11 is 9.95. The average molecular weight is 539 g/mol. The summed E-state index contributed by atoms with van der Waals surface area (Å²) in [5.74, 6) is 1.53. The summed E-state index contributed by atoms with van der Waals surface area (Å²) in [6.45, 7) is 1.39. The molecule has 0 bridgehead atoms. The molecule has 5 rings (SSSR count). The van der Waals surface area contributed by atoms with Crippen molar-refractivity contribution in [2.24, 2.45) is 5.92 Å². The van der Waals surface area contributed by atoms with Crippen LogP contribution in [0.2, 0.25) is 5.02 Å². The van der Waals surface area contributed by atoms with Crippen molar-refractivity contribution in [3.05, 3.63) is 81.9 Å². The van der Waals surface area contributed by atoms with Crippen molar-refractivity contribution in [1.82, 2.24) is 19.5 Å². The number of anilines is 1. The van der Waals surface area contributed by atoms with Gasteiger partial charge < -0.3 is 10.2 Å². The van der Waals surface area contributed by atoms with Crippen molar-refractivity contribution in [3.63, 3.8) is 0 Å². The number of carbonyl (C=O) groups is 1. The molecular weight excluding hydrogens is 514 g/mol. The fraction of sp³-hybridized carbons (Fsp3) is 0.269. The van der Waals surface area contributed by atoms with Crippen molar-refractivity contribution in [1.29, 1.82) is 0 Å². The summed E-state index contributed by atoms with van der Waals surface area (Å²) in [7, 11) is 1.90. The van der Waals surface area contributed by atoms with Gasteiger partial charge in [0.1, 0.15) is 5.82 Å². The summed E-state index contributed by atoms with van der Waals surface area (Å²) in [6, 6.07) is 19.9. The average Bonchev–Trinajstić information content (AvgIpc) is 3.58. The second kappa shape index (κ2) is 9.76. The van der Waals surface area contributed by atoms with Crippen molar-refractivity contribution >= 4 is 44.9 Å². The fourth-order valence-electron chi connectivity index (χ4n) is 4.33. The van der Waals surface area contributed by atoms with Gasteiger partial charge in [-0.15, -0.1) is 0 Å². The molecule has 1 fully saturated rings. The molecule has 1 aliphatic rings. The molecule has 0 aliphatic heterocycles. The zero-order chi connectivity index (χ0) is 23.7.